The Morgan fingerprint density at radius 1 is 1.11 bits per heavy atom. The Labute approximate surface area is 167 Å². The Morgan fingerprint density at radius 2 is 1.79 bits per heavy atom. The van der Waals surface area contributed by atoms with Gasteiger partial charge in [-0.1, -0.05) is 38.1 Å². The van der Waals surface area contributed by atoms with Crippen LogP contribution in [0, 0.1) is 5.92 Å². The van der Waals surface area contributed by atoms with E-state index in [-0.39, 0.29) is 11.9 Å². The highest BCUT2D eigenvalue weighted by molar-refractivity contribution is 7.92. The SMILES string of the molecule is CC(C)Cc1ccc(C(C)NC(=O)c2ccc3c(c2)CCN3S(C)(=O)=O)cc1. The number of amides is 1. The van der Waals surface area contributed by atoms with E-state index in [1.807, 2.05) is 6.92 Å². The molecule has 3 rings (SSSR count). The second kappa shape index (κ2) is 7.95. The van der Waals surface area contributed by atoms with Crippen LogP contribution in [0.3, 0.4) is 0 Å². The van der Waals surface area contributed by atoms with Crippen LogP contribution < -0.4 is 9.62 Å². The van der Waals surface area contributed by atoms with Gasteiger partial charge in [-0.25, -0.2) is 8.42 Å². The molecule has 0 aliphatic carbocycles. The maximum absolute atomic E-state index is 12.7. The third-order valence-electron chi connectivity index (χ3n) is 5.07. The molecule has 28 heavy (non-hydrogen) atoms. The number of benzene rings is 2. The Kier molecular flexibility index (Phi) is 5.79. The zero-order valence-corrected chi connectivity index (χ0v) is 17.7. The van der Waals surface area contributed by atoms with Crippen LogP contribution in [0.1, 0.15) is 53.9 Å². The highest BCUT2D eigenvalue weighted by atomic mass is 32.2. The van der Waals surface area contributed by atoms with Gasteiger partial charge >= 0.3 is 0 Å². The summed E-state index contributed by atoms with van der Waals surface area (Å²) in [5.74, 6) is 0.459. The van der Waals surface area contributed by atoms with Crippen molar-refractivity contribution < 1.29 is 13.2 Å². The molecular formula is C22H28N2O3S. The van der Waals surface area contributed by atoms with Crippen molar-refractivity contribution >= 4 is 21.6 Å². The molecule has 0 saturated heterocycles. The summed E-state index contributed by atoms with van der Waals surface area (Å²) >= 11 is 0. The lowest BCUT2D eigenvalue weighted by molar-refractivity contribution is 0.0940. The maximum Gasteiger partial charge on any atom is 0.251 e. The Balaban J connectivity index is 1.70. The zero-order valence-electron chi connectivity index (χ0n) is 16.9. The van der Waals surface area contributed by atoms with Crippen LogP contribution in [0.25, 0.3) is 0 Å². The standard InChI is InChI=1S/C22H28N2O3S/c1-15(2)13-17-5-7-18(8-6-17)16(3)23-22(25)20-9-10-21-19(14-20)11-12-24(21)28(4,26)27/h5-10,14-16H,11-13H2,1-4H3,(H,23,25). The van der Waals surface area contributed by atoms with Crippen LogP contribution in [0.4, 0.5) is 5.69 Å². The second-order valence-electron chi connectivity index (χ2n) is 7.96. The Hall–Kier alpha value is -2.34. The number of carbonyl (C=O) groups excluding carboxylic acids is 1. The van der Waals surface area contributed by atoms with Crippen LogP contribution in [0.5, 0.6) is 0 Å². The minimum atomic E-state index is -3.28. The van der Waals surface area contributed by atoms with E-state index in [4.69, 9.17) is 0 Å². The molecule has 1 N–H and O–H groups in total. The minimum Gasteiger partial charge on any atom is -0.346 e. The van der Waals surface area contributed by atoms with E-state index < -0.39 is 10.0 Å². The molecule has 1 unspecified atom stereocenters. The fourth-order valence-corrected chi connectivity index (χ4v) is 4.59. The maximum atomic E-state index is 12.7. The average molecular weight is 401 g/mol. The average Bonchev–Trinajstić information content (AvgIpc) is 3.05. The molecule has 1 amide bonds. The quantitative estimate of drug-likeness (QED) is 0.804. The van der Waals surface area contributed by atoms with Gasteiger partial charge in [-0.3, -0.25) is 9.10 Å². The highest BCUT2D eigenvalue weighted by Gasteiger charge is 2.26. The van der Waals surface area contributed by atoms with Gasteiger partial charge in [-0.15, -0.1) is 0 Å². The number of carbonyl (C=O) groups is 1. The van der Waals surface area contributed by atoms with Crippen LogP contribution in [-0.4, -0.2) is 27.1 Å². The van der Waals surface area contributed by atoms with Gasteiger partial charge in [0.15, 0.2) is 0 Å². The topological polar surface area (TPSA) is 66.5 Å². The third-order valence-corrected chi connectivity index (χ3v) is 6.25. The fourth-order valence-electron chi connectivity index (χ4n) is 3.63. The van der Waals surface area contributed by atoms with Gasteiger partial charge in [-0.05, 0) is 60.6 Å². The number of fused-ring (bicyclic) bond motifs is 1. The summed E-state index contributed by atoms with van der Waals surface area (Å²) in [4.78, 5) is 12.7. The lowest BCUT2D eigenvalue weighted by atomic mass is 9.99. The normalized spacial score (nSPS) is 14.8. The summed E-state index contributed by atoms with van der Waals surface area (Å²) < 4.78 is 25.1. The van der Waals surface area contributed by atoms with Gasteiger partial charge < -0.3 is 5.32 Å². The summed E-state index contributed by atoms with van der Waals surface area (Å²) in [5, 5.41) is 3.03. The monoisotopic (exact) mass is 400 g/mol. The lowest BCUT2D eigenvalue weighted by Gasteiger charge is -2.17. The predicted molar refractivity (Wildman–Crippen MR) is 113 cm³/mol. The molecule has 1 atom stereocenters. The van der Waals surface area contributed by atoms with Crippen LogP contribution in [0.15, 0.2) is 42.5 Å². The Morgan fingerprint density at radius 3 is 2.39 bits per heavy atom. The van der Waals surface area contributed by atoms with Crippen LogP contribution in [0.2, 0.25) is 0 Å². The van der Waals surface area contributed by atoms with Gasteiger partial charge in [-0.2, -0.15) is 0 Å². The zero-order chi connectivity index (χ0) is 20.5. The number of anilines is 1. The molecule has 6 heteroatoms. The van der Waals surface area contributed by atoms with Gasteiger partial charge in [0.05, 0.1) is 18.0 Å². The van der Waals surface area contributed by atoms with Crippen molar-refractivity contribution in [1.29, 1.82) is 0 Å². The number of sulfonamides is 1. The summed E-state index contributed by atoms with van der Waals surface area (Å²) in [6, 6.07) is 13.5. The van der Waals surface area contributed by atoms with Crippen molar-refractivity contribution in [2.45, 2.75) is 39.7 Å². The minimum absolute atomic E-state index is 0.110. The van der Waals surface area contributed by atoms with Gasteiger partial charge in [0.2, 0.25) is 10.0 Å². The summed E-state index contributed by atoms with van der Waals surface area (Å²) in [5.41, 5.74) is 4.48. The van der Waals surface area contributed by atoms with E-state index in [2.05, 4.69) is 43.4 Å². The molecule has 5 nitrogen and oxygen atoms in total. The molecule has 2 aromatic rings. The number of nitrogens with one attached hydrogen (secondary N) is 1. The van der Waals surface area contributed by atoms with Crippen LogP contribution in [-0.2, 0) is 22.9 Å². The van der Waals surface area contributed by atoms with Crippen molar-refractivity contribution in [2.24, 2.45) is 5.92 Å². The fraction of sp³-hybridized carbons (Fsp3) is 0.409. The molecule has 0 fully saturated rings. The smallest absolute Gasteiger partial charge is 0.251 e. The number of rotatable bonds is 6. The molecule has 1 aliphatic rings. The Bertz CT molecular complexity index is 966. The lowest BCUT2D eigenvalue weighted by Crippen LogP contribution is -2.28. The molecule has 2 aromatic carbocycles. The largest absolute Gasteiger partial charge is 0.346 e. The predicted octanol–water partition coefficient (Wildman–Crippen LogP) is 3.70. The van der Waals surface area contributed by atoms with Gasteiger partial charge in [0.1, 0.15) is 0 Å². The molecule has 1 heterocycles. The van der Waals surface area contributed by atoms with E-state index in [1.54, 1.807) is 18.2 Å². The third kappa shape index (κ3) is 4.55. The summed E-state index contributed by atoms with van der Waals surface area (Å²) in [6.45, 7) is 6.79. The van der Waals surface area contributed by atoms with Crippen molar-refractivity contribution in [1.82, 2.24) is 5.32 Å². The van der Waals surface area contributed by atoms with Crippen molar-refractivity contribution in [3.8, 4) is 0 Å². The first-order chi connectivity index (χ1) is 13.1. The number of nitrogens with zero attached hydrogens (tertiary/aromatic N) is 1. The van der Waals surface area contributed by atoms with Crippen molar-refractivity contribution in [2.75, 3.05) is 17.1 Å². The first-order valence-corrected chi connectivity index (χ1v) is 11.5. The van der Waals surface area contributed by atoms with Crippen LogP contribution >= 0.6 is 0 Å². The first-order valence-electron chi connectivity index (χ1n) is 9.65. The van der Waals surface area contributed by atoms with E-state index in [1.165, 1.54) is 16.1 Å². The van der Waals surface area contributed by atoms with Crippen molar-refractivity contribution in [3.63, 3.8) is 0 Å². The number of hydrogen-bond acceptors (Lipinski definition) is 3. The highest BCUT2D eigenvalue weighted by Crippen LogP contribution is 2.30. The molecule has 150 valence electrons. The van der Waals surface area contributed by atoms with E-state index in [0.717, 1.165) is 17.5 Å². The summed E-state index contributed by atoms with van der Waals surface area (Å²) in [7, 11) is -3.28. The van der Waals surface area contributed by atoms with E-state index in [0.29, 0.717) is 30.1 Å². The molecule has 0 saturated carbocycles. The molecule has 0 radical (unpaired) electrons. The molecule has 0 bridgehead atoms. The molecule has 0 spiro atoms. The number of hydrogen-bond donors (Lipinski definition) is 1. The van der Waals surface area contributed by atoms with Gasteiger partial charge in [0.25, 0.3) is 5.91 Å². The molecule has 1 aliphatic heterocycles. The van der Waals surface area contributed by atoms with Gasteiger partial charge in [0, 0.05) is 12.1 Å². The second-order valence-corrected chi connectivity index (χ2v) is 9.87. The first kappa shape index (κ1) is 20.4. The molecule has 0 aromatic heterocycles. The van der Waals surface area contributed by atoms with Crippen molar-refractivity contribution in [3.05, 3.63) is 64.7 Å². The van der Waals surface area contributed by atoms with E-state index >= 15 is 0 Å². The molecular weight excluding hydrogens is 372 g/mol. The summed E-state index contributed by atoms with van der Waals surface area (Å²) in [6.07, 6.45) is 2.87. The van der Waals surface area contributed by atoms with E-state index in [9.17, 15) is 13.2 Å².